The maximum Gasteiger partial charge on any atom is 0.0693 e. The van der Waals surface area contributed by atoms with Crippen LogP contribution in [-0.2, 0) is 13.0 Å². The van der Waals surface area contributed by atoms with E-state index < -0.39 is 0 Å². The molecule has 0 radical (unpaired) electrons. The Labute approximate surface area is 95.5 Å². The van der Waals surface area contributed by atoms with Gasteiger partial charge in [0.2, 0.25) is 0 Å². The highest BCUT2D eigenvalue weighted by molar-refractivity contribution is 9.10. The van der Waals surface area contributed by atoms with Crippen molar-refractivity contribution in [3.05, 3.63) is 33.1 Å². The lowest BCUT2D eigenvalue weighted by atomic mass is 10.1. The van der Waals surface area contributed by atoms with Crippen molar-refractivity contribution in [2.24, 2.45) is 0 Å². The van der Waals surface area contributed by atoms with E-state index in [1.165, 1.54) is 15.6 Å². The SMILES string of the molecule is CCc1csc2cc(CO)c(Br)cc12. The van der Waals surface area contributed by atoms with E-state index in [1.807, 2.05) is 0 Å². The van der Waals surface area contributed by atoms with Gasteiger partial charge in [0.25, 0.3) is 0 Å². The summed E-state index contributed by atoms with van der Waals surface area (Å²) in [4.78, 5) is 0. The van der Waals surface area contributed by atoms with Crippen LogP contribution < -0.4 is 0 Å². The Kier molecular flexibility index (Phi) is 2.91. The topological polar surface area (TPSA) is 20.2 Å². The molecular weight excluding hydrogens is 260 g/mol. The summed E-state index contributed by atoms with van der Waals surface area (Å²) in [5.41, 5.74) is 2.34. The Balaban J connectivity index is 2.69. The summed E-state index contributed by atoms with van der Waals surface area (Å²) >= 11 is 5.22. The third kappa shape index (κ3) is 1.60. The molecule has 0 aliphatic rings. The van der Waals surface area contributed by atoms with Crippen LogP contribution in [0.2, 0.25) is 0 Å². The summed E-state index contributed by atoms with van der Waals surface area (Å²) in [7, 11) is 0. The predicted octanol–water partition coefficient (Wildman–Crippen LogP) is 3.72. The second-order valence-corrected chi connectivity index (χ2v) is 4.98. The Hall–Kier alpha value is -0.380. The first kappa shape index (κ1) is 10.1. The summed E-state index contributed by atoms with van der Waals surface area (Å²) in [5, 5.41) is 12.6. The fraction of sp³-hybridized carbons (Fsp3) is 0.273. The largest absolute Gasteiger partial charge is 0.392 e. The smallest absolute Gasteiger partial charge is 0.0693 e. The summed E-state index contributed by atoms with van der Waals surface area (Å²) in [6.45, 7) is 2.26. The zero-order valence-electron chi connectivity index (χ0n) is 7.88. The van der Waals surface area contributed by atoms with E-state index in [0.717, 1.165) is 16.5 Å². The van der Waals surface area contributed by atoms with Gasteiger partial charge in [-0.15, -0.1) is 11.3 Å². The van der Waals surface area contributed by atoms with Crippen molar-refractivity contribution in [3.8, 4) is 0 Å². The molecule has 0 unspecified atom stereocenters. The summed E-state index contributed by atoms with van der Waals surface area (Å²) in [6, 6.07) is 4.17. The van der Waals surface area contributed by atoms with Crippen LogP contribution in [0.15, 0.2) is 22.0 Å². The number of halogens is 1. The lowest BCUT2D eigenvalue weighted by Gasteiger charge is -2.01. The summed E-state index contributed by atoms with van der Waals surface area (Å²) < 4.78 is 2.26. The van der Waals surface area contributed by atoms with Crippen molar-refractivity contribution >= 4 is 37.4 Å². The lowest BCUT2D eigenvalue weighted by molar-refractivity contribution is 0.281. The van der Waals surface area contributed by atoms with Gasteiger partial charge >= 0.3 is 0 Å². The maximum absolute atomic E-state index is 9.12. The number of rotatable bonds is 2. The van der Waals surface area contributed by atoms with E-state index in [4.69, 9.17) is 5.11 Å². The Morgan fingerprint density at radius 2 is 2.14 bits per heavy atom. The van der Waals surface area contributed by atoms with Gasteiger partial charge in [-0.3, -0.25) is 0 Å². The van der Waals surface area contributed by atoms with Crippen LogP contribution in [0.25, 0.3) is 10.1 Å². The molecule has 74 valence electrons. The number of aliphatic hydroxyl groups is 1. The summed E-state index contributed by atoms with van der Waals surface area (Å²) in [6.07, 6.45) is 1.06. The van der Waals surface area contributed by atoms with Gasteiger partial charge in [0.15, 0.2) is 0 Å². The molecule has 0 saturated heterocycles. The molecular formula is C11H11BrOS. The molecule has 0 bridgehead atoms. The Morgan fingerprint density at radius 3 is 2.79 bits per heavy atom. The number of aliphatic hydroxyl groups excluding tert-OH is 1. The number of fused-ring (bicyclic) bond motifs is 1. The molecule has 1 N–H and O–H groups in total. The van der Waals surface area contributed by atoms with E-state index in [9.17, 15) is 0 Å². The first-order valence-corrected chi connectivity index (χ1v) is 6.23. The summed E-state index contributed by atoms with van der Waals surface area (Å²) in [5.74, 6) is 0. The van der Waals surface area contributed by atoms with E-state index in [2.05, 4.69) is 40.4 Å². The number of benzene rings is 1. The van der Waals surface area contributed by atoms with Gasteiger partial charge in [0.1, 0.15) is 0 Å². The molecule has 0 aliphatic carbocycles. The average molecular weight is 271 g/mol. The van der Waals surface area contributed by atoms with Crippen molar-refractivity contribution in [2.45, 2.75) is 20.0 Å². The Bertz CT molecular complexity index is 462. The maximum atomic E-state index is 9.12. The van der Waals surface area contributed by atoms with Crippen LogP contribution in [0, 0.1) is 0 Å². The minimum Gasteiger partial charge on any atom is -0.392 e. The molecule has 2 aromatic rings. The van der Waals surface area contributed by atoms with E-state index in [-0.39, 0.29) is 6.61 Å². The normalized spacial score (nSPS) is 11.1. The van der Waals surface area contributed by atoms with Gasteiger partial charge in [-0.05, 0) is 40.4 Å². The highest BCUT2D eigenvalue weighted by Gasteiger charge is 2.06. The minimum atomic E-state index is 0.0931. The number of hydrogen-bond acceptors (Lipinski definition) is 2. The van der Waals surface area contributed by atoms with Gasteiger partial charge in [-0.1, -0.05) is 22.9 Å². The van der Waals surface area contributed by atoms with Crippen molar-refractivity contribution < 1.29 is 5.11 Å². The molecule has 0 saturated carbocycles. The average Bonchev–Trinajstić information content (AvgIpc) is 2.58. The fourth-order valence-corrected chi connectivity index (χ4v) is 3.10. The van der Waals surface area contributed by atoms with Crippen LogP contribution >= 0.6 is 27.3 Å². The molecule has 1 nitrogen and oxygen atoms in total. The van der Waals surface area contributed by atoms with Gasteiger partial charge < -0.3 is 5.11 Å². The molecule has 0 spiro atoms. The molecule has 3 heteroatoms. The number of thiophene rings is 1. The van der Waals surface area contributed by atoms with Crippen LogP contribution in [0.4, 0.5) is 0 Å². The molecule has 1 aromatic heterocycles. The van der Waals surface area contributed by atoms with Gasteiger partial charge in [0, 0.05) is 9.17 Å². The van der Waals surface area contributed by atoms with Crippen LogP contribution in [0.1, 0.15) is 18.1 Å². The third-order valence-corrected chi connectivity index (χ3v) is 4.11. The van der Waals surface area contributed by atoms with Crippen molar-refractivity contribution in [1.82, 2.24) is 0 Å². The second kappa shape index (κ2) is 4.01. The molecule has 0 amide bonds. The van der Waals surface area contributed by atoms with Gasteiger partial charge in [0.05, 0.1) is 6.61 Å². The molecule has 0 aliphatic heterocycles. The minimum absolute atomic E-state index is 0.0931. The molecule has 0 atom stereocenters. The molecule has 1 heterocycles. The van der Waals surface area contributed by atoms with Crippen LogP contribution in [-0.4, -0.2) is 5.11 Å². The molecule has 0 fully saturated rings. The standard InChI is InChI=1S/C11H11BrOS/c1-2-7-6-14-11-3-8(5-13)10(12)4-9(7)11/h3-4,6,13H,2,5H2,1H3. The Morgan fingerprint density at radius 1 is 1.36 bits per heavy atom. The lowest BCUT2D eigenvalue weighted by Crippen LogP contribution is -1.85. The van der Waals surface area contributed by atoms with E-state index in [1.54, 1.807) is 11.3 Å². The monoisotopic (exact) mass is 270 g/mol. The number of aryl methyl sites for hydroxylation is 1. The van der Waals surface area contributed by atoms with Crippen molar-refractivity contribution in [2.75, 3.05) is 0 Å². The highest BCUT2D eigenvalue weighted by Crippen LogP contribution is 2.31. The second-order valence-electron chi connectivity index (χ2n) is 3.21. The van der Waals surface area contributed by atoms with Crippen molar-refractivity contribution in [1.29, 1.82) is 0 Å². The van der Waals surface area contributed by atoms with Gasteiger partial charge in [-0.25, -0.2) is 0 Å². The van der Waals surface area contributed by atoms with E-state index in [0.29, 0.717) is 0 Å². The molecule has 2 rings (SSSR count). The zero-order valence-corrected chi connectivity index (χ0v) is 10.3. The highest BCUT2D eigenvalue weighted by atomic mass is 79.9. The van der Waals surface area contributed by atoms with Gasteiger partial charge in [-0.2, -0.15) is 0 Å². The zero-order chi connectivity index (χ0) is 10.1. The van der Waals surface area contributed by atoms with E-state index >= 15 is 0 Å². The first-order valence-electron chi connectivity index (χ1n) is 4.55. The predicted molar refractivity (Wildman–Crippen MR) is 64.8 cm³/mol. The number of hydrogen-bond donors (Lipinski definition) is 1. The quantitative estimate of drug-likeness (QED) is 0.882. The molecule has 14 heavy (non-hydrogen) atoms. The first-order chi connectivity index (χ1) is 6.76. The molecule has 1 aromatic carbocycles. The van der Waals surface area contributed by atoms with Crippen LogP contribution in [0.3, 0.4) is 0 Å². The third-order valence-electron chi connectivity index (χ3n) is 2.37. The van der Waals surface area contributed by atoms with Crippen molar-refractivity contribution in [3.63, 3.8) is 0 Å². The van der Waals surface area contributed by atoms with Crippen LogP contribution in [0.5, 0.6) is 0 Å². The fourth-order valence-electron chi connectivity index (χ4n) is 1.54.